The zero-order chi connectivity index (χ0) is 19.2. The lowest BCUT2D eigenvalue weighted by atomic mass is 10.0. The van der Waals surface area contributed by atoms with Gasteiger partial charge in [0.05, 0.1) is 16.6 Å². The fourth-order valence-corrected chi connectivity index (χ4v) is 3.42. The van der Waals surface area contributed by atoms with Gasteiger partial charge in [-0.15, -0.1) is 0 Å². The number of rotatable bonds is 5. The van der Waals surface area contributed by atoms with Crippen molar-refractivity contribution in [3.05, 3.63) is 45.5 Å². The average Bonchev–Trinajstić information content (AvgIpc) is 3.08. The number of nitrogens with zero attached hydrogens (tertiary/aromatic N) is 4. The summed E-state index contributed by atoms with van der Waals surface area (Å²) >= 11 is 12.1. The Balaban J connectivity index is 1.43. The van der Waals surface area contributed by atoms with Gasteiger partial charge in [-0.05, 0) is 30.5 Å². The highest BCUT2D eigenvalue weighted by atomic mass is 35.5. The Morgan fingerprint density at radius 1 is 1.30 bits per heavy atom. The summed E-state index contributed by atoms with van der Waals surface area (Å²) < 4.78 is 4.97. The van der Waals surface area contributed by atoms with Gasteiger partial charge in [0.1, 0.15) is 0 Å². The molecule has 0 unspecified atom stereocenters. The molecule has 0 aliphatic carbocycles. The van der Waals surface area contributed by atoms with Crippen molar-refractivity contribution in [3.63, 3.8) is 0 Å². The second-order valence-electron chi connectivity index (χ2n) is 6.60. The summed E-state index contributed by atoms with van der Waals surface area (Å²) in [4.78, 5) is 10.9. The van der Waals surface area contributed by atoms with Crippen molar-refractivity contribution in [1.29, 1.82) is 0 Å². The molecular formula is C18H24Cl2N6O. The summed E-state index contributed by atoms with van der Waals surface area (Å²) in [6.07, 6.45) is 2.09. The van der Waals surface area contributed by atoms with Crippen LogP contribution in [0.2, 0.25) is 10.0 Å². The molecule has 1 aromatic heterocycles. The minimum absolute atomic E-state index is 0.383. The number of hydrogen-bond acceptors (Lipinski definition) is 5. The van der Waals surface area contributed by atoms with Gasteiger partial charge in [0.2, 0.25) is 5.89 Å². The molecule has 27 heavy (non-hydrogen) atoms. The molecule has 0 bridgehead atoms. The van der Waals surface area contributed by atoms with Crippen LogP contribution < -0.4 is 10.6 Å². The first-order chi connectivity index (χ1) is 13.0. The number of aliphatic imine (C=N–C) groups is 1. The lowest BCUT2D eigenvalue weighted by Crippen LogP contribution is -2.48. The van der Waals surface area contributed by atoms with Crippen LogP contribution in [-0.4, -0.2) is 47.2 Å². The van der Waals surface area contributed by atoms with Crippen LogP contribution in [0.1, 0.15) is 30.1 Å². The summed E-state index contributed by atoms with van der Waals surface area (Å²) in [5.41, 5.74) is 1.18. The van der Waals surface area contributed by atoms with Crippen LogP contribution in [-0.2, 0) is 13.1 Å². The molecule has 3 rings (SSSR count). The zero-order valence-electron chi connectivity index (χ0n) is 15.5. The van der Waals surface area contributed by atoms with Crippen LogP contribution in [0.3, 0.4) is 0 Å². The van der Waals surface area contributed by atoms with Gasteiger partial charge in [0.25, 0.3) is 0 Å². The highest BCUT2D eigenvalue weighted by Gasteiger charge is 2.20. The van der Waals surface area contributed by atoms with Crippen molar-refractivity contribution in [2.75, 3.05) is 20.1 Å². The Kier molecular flexibility index (Phi) is 6.93. The predicted molar refractivity (Wildman–Crippen MR) is 107 cm³/mol. The Bertz CT molecular complexity index is 786. The normalized spacial score (nSPS) is 16.5. The predicted octanol–water partition coefficient (Wildman–Crippen LogP) is 3.01. The number of benzene rings is 1. The molecule has 7 nitrogen and oxygen atoms in total. The van der Waals surface area contributed by atoms with E-state index in [0.717, 1.165) is 38.4 Å². The molecule has 9 heteroatoms. The Morgan fingerprint density at radius 3 is 2.70 bits per heavy atom. The maximum absolute atomic E-state index is 6.11. The van der Waals surface area contributed by atoms with Crippen molar-refractivity contribution < 1.29 is 4.52 Å². The summed E-state index contributed by atoms with van der Waals surface area (Å²) in [5, 5.41) is 11.8. The van der Waals surface area contributed by atoms with E-state index in [1.807, 2.05) is 18.2 Å². The second-order valence-corrected chi connectivity index (χ2v) is 7.41. The van der Waals surface area contributed by atoms with Crippen molar-refractivity contribution in [3.8, 4) is 0 Å². The summed E-state index contributed by atoms with van der Waals surface area (Å²) in [6.45, 7) is 5.16. The first kappa shape index (κ1) is 19.9. The number of aromatic nitrogens is 2. The molecule has 2 N–H and O–H groups in total. The molecule has 0 spiro atoms. The van der Waals surface area contributed by atoms with Crippen LogP contribution in [0.4, 0.5) is 0 Å². The zero-order valence-corrected chi connectivity index (χ0v) is 17.0. The molecule has 0 saturated carbocycles. The van der Waals surface area contributed by atoms with Gasteiger partial charge >= 0.3 is 0 Å². The van der Waals surface area contributed by atoms with Crippen LogP contribution in [0.15, 0.2) is 27.7 Å². The minimum atomic E-state index is 0.383. The molecule has 1 aliphatic heterocycles. The molecule has 1 saturated heterocycles. The van der Waals surface area contributed by atoms with Crippen molar-refractivity contribution in [1.82, 2.24) is 25.7 Å². The summed E-state index contributed by atoms with van der Waals surface area (Å²) in [5.74, 6) is 1.93. The number of aryl methyl sites for hydroxylation is 1. The monoisotopic (exact) mass is 410 g/mol. The third-order valence-electron chi connectivity index (χ3n) is 4.53. The summed E-state index contributed by atoms with van der Waals surface area (Å²) in [7, 11) is 1.76. The van der Waals surface area contributed by atoms with Gasteiger partial charge in [0, 0.05) is 39.6 Å². The maximum atomic E-state index is 6.11. The topological polar surface area (TPSA) is 78.6 Å². The number of piperidine rings is 1. The van der Waals surface area contributed by atoms with Crippen LogP contribution >= 0.6 is 23.2 Å². The van der Waals surface area contributed by atoms with Crippen LogP contribution in [0.5, 0.6) is 0 Å². The van der Waals surface area contributed by atoms with Gasteiger partial charge in [-0.2, -0.15) is 4.98 Å². The molecule has 0 amide bonds. The number of likely N-dealkylation sites (tertiary alicyclic amines) is 1. The Labute approximate surface area is 169 Å². The van der Waals surface area contributed by atoms with E-state index in [9.17, 15) is 0 Å². The molecule has 1 aromatic carbocycles. The molecule has 1 fully saturated rings. The first-order valence-electron chi connectivity index (χ1n) is 8.96. The van der Waals surface area contributed by atoms with Gasteiger partial charge in [0.15, 0.2) is 11.8 Å². The molecular weight excluding hydrogens is 387 g/mol. The van der Waals surface area contributed by atoms with Crippen molar-refractivity contribution in [2.45, 2.75) is 38.9 Å². The van der Waals surface area contributed by atoms with E-state index in [1.165, 1.54) is 5.56 Å². The quantitative estimate of drug-likeness (QED) is 0.582. The van der Waals surface area contributed by atoms with Crippen molar-refractivity contribution >= 4 is 29.2 Å². The Morgan fingerprint density at radius 2 is 2.07 bits per heavy atom. The molecule has 2 aromatic rings. The molecule has 0 atom stereocenters. The van der Waals surface area contributed by atoms with Crippen LogP contribution in [0.25, 0.3) is 0 Å². The lowest BCUT2D eigenvalue weighted by molar-refractivity contribution is 0.198. The van der Waals surface area contributed by atoms with E-state index < -0.39 is 0 Å². The number of halogens is 2. The van der Waals surface area contributed by atoms with E-state index in [4.69, 9.17) is 27.7 Å². The van der Waals surface area contributed by atoms with Gasteiger partial charge in [-0.25, -0.2) is 0 Å². The minimum Gasteiger partial charge on any atom is -0.354 e. The first-order valence-corrected chi connectivity index (χ1v) is 9.71. The maximum Gasteiger partial charge on any atom is 0.223 e. The molecule has 0 radical (unpaired) electrons. The highest BCUT2D eigenvalue weighted by molar-refractivity contribution is 6.42. The third-order valence-corrected chi connectivity index (χ3v) is 5.26. The van der Waals surface area contributed by atoms with Gasteiger partial charge in [-0.3, -0.25) is 9.89 Å². The highest BCUT2D eigenvalue weighted by Crippen LogP contribution is 2.24. The summed E-state index contributed by atoms with van der Waals surface area (Å²) in [6, 6.07) is 6.21. The van der Waals surface area contributed by atoms with Crippen LogP contribution in [0, 0.1) is 6.92 Å². The van der Waals surface area contributed by atoms with E-state index in [1.54, 1.807) is 14.0 Å². The van der Waals surface area contributed by atoms with Gasteiger partial charge < -0.3 is 15.2 Å². The number of hydrogen-bond donors (Lipinski definition) is 2. The van der Waals surface area contributed by atoms with E-state index in [0.29, 0.717) is 34.3 Å². The Hall–Kier alpha value is -1.83. The number of nitrogens with one attached hydrogen (secondary N) is 2. The average molecular weight is 411 g/mol. The lowest BCUT2D eigenvalue weighted by Gasteiger charge is -2.33. The van der Waals surface area contributed by atoms with Gasteiger partial charge in [-0.1, -0.05) is 34.4 Å². The van der Waals surface area contributed by atoms with E-state index >= 15 is 0 Å². The SMILES string of the molecule is CN=C(NCc1noc(C)n1)NC1CCN(Cc2ccc(Cl)c(Cl)c2)CC1. The molecule has 146 valence electrons. The fraction of sp³-hybridized carbons (Fsp3) is 0.500. The standard InChI is InChI=1S/C18H24Cl2N6O/c1-12-23-17(25-27-12)10-22-18(21-2)24-14-5-7-26(8-6-14)11-13-3-4-15(19)16(20)9-13/h3-4,9,14H,5-8,10-11H2,1-2H3,(H2,21,22,24). The largest absolute Gasteiger partial charge is 0.354 e. The smallest absolute Gasteiger partial charge is 0.223 e. The molecule has 1 aliphatic rings. The third kappa shape index (κ3) is 5.82. The molecule has 2 heterocycles. The fourth-order valence-electron chi connectivity index (χ4n) is 3.10. The second kappa shape index (κ2) is 9.39. The van der Waals surface area contributed by atoms with Crippen molar-refractivity contribution in [2.24, 2.45) is 4.99 Å². The van der Waals surface area contributed by atoms with E-state index in [-0.39, 0.29) is 0 Å². The van der Waals surface area contributed by atoms with E-state index in [2.05, 4.69) is 30.7 Å². The number of guanidine groups is 1.